The predicted molar refractivity (Wildman–Crippen MR) is 58.0 cm³/mol. The van der Waals surface area contributed by atoms with E-state index in [4.69, 9.17) is 5.26 Å². The van der Waals surface area contributed by atoms with E-state index in [2.05, 4.69) is 23.2 Å². The summed E-state index contributed by atoms with van der Waals surface area (Å²) in [6.07, 6.45) is 4.41. The van der Waals surface area contributed by atoms with Gasteiger partial charge in [-0.15, -0.1) is 0 Å². The summed E-state index contributed by atoms with van der Waals surface area (Å²) < 4.78 is 0. The maximum atomic E-state index is 8.59. The van der Waals surface area contributed by atoms with E-state index in [1.807, 2.05) is 0 Å². The monoisotopic (exact) mass is 195 g/mol. The highest BCUT2D eigenvalue weighted by atomic mass is 15.2. The van der Waals surface area contributed by atoms with E-state index in [-0.39, 0.29) is 0 Å². The molecule has 1 saturated heterocycles. The van der Waals surface area contributed by atoms with Gasteiger partial charge < -0.3 is 5.32 Å². The molecule has 1 N–H and O–H groups in total. The number of hydrogen-bond acceptors (Lipinski definition) is 3. The second kappa shape index (κ2) is 6.80. The van der Waals surface area contributed by atoms with E-state index in [0.29, 0.717) is 12.5 Å². The highest BCUT2D eigenvalue weighted by molar-refractivity contribution is 4.81. The zero-order valence-corrected chi connectivity index (χ0v) is 9.13. The second-order valence-corrected chi connectivity index (χ2v) is 3.94. The summed E-state index contributed by atoms with van der Waals surface area (Å²) >= 11 is 0. The molecule has 1 aliphatic heterocycles. The van der Waals surface area contributed by atoms with Crippen LogP contribution in [0.25, 0.3) is 0 Å². The molecule has 0 radical (unpaired) electrons. The number of rotatable bonds is 5. The first-order valence-corrected chi connectivity index (χ1v) is 5.70. The van der Waals surface area contributed by atoms with Gasteiger partial charge in [-0.25, -0.2) is 0 Å². The molecule has 1 fully saturated rings. The molecule has 1 rings (SSSR count). The van der Waals surface area contributed by atoms with Gasteiger partial charge in [0, 0.05) is 25.6 Å². The minimum Gasteiger partial charge on any atom is -0.315 e. The van der Waals surface area contributed by atoms with Gasteiger partial charge in [-0.3, -0.25) is 4.90 Å². The molecule has 0 bridgehead atoms. The minimum absolute atomic E-state index is 0.663. The van der Waals surface area contributed by atoms with Crippen LogP contribution in [0.2, 0.25) is 0 Å². The molecule has 3 heteroatoms. The Morgan fingerprint density at radius 3 is 2.93 bits per heavy atom. The molecule has 14 heavy (non-hydrogen) atoms. The van der Waals surface area contributed by atoms with Gasteiger partial charge in [0.1, 0.15) is 0 Å². The molecule has 0 amide bonds. The van der Waals surface area contributed by atoms with Gasteiger partial charge in [0.05, 0.1) is 6.07 Å². The molecular weight excluding hydrogens is 174 g/mol. The van der Waals surface area contributed by atoms with Gasteiger partial charge in [-0.2, -0.15) is 5.26 Å². The molecule has 3 nitrogen and oxygen atoms in total. The van der Waals surface area contributed by atoms with E-state index in [1.165, 1.54) is 19.3 Å². The Morgan fingerprint density at radius 2 is 2.36 bits per heavy atom. The van der Waals surface area contributed by atoms with Gasteiger partial charge in [0.25, 0.3) is 0 Å². The summed E-state index contributed by atoms with van der Waals surface area (Å²) in [7, 11) is 0. The Hall–Kier alpha value is -0.590. The van der Waals surface area contributed by atoms with E-state index < -0.39 is 0 Å². The van der Waals surface area contributed by atoms with Crippen molar-refractivity contribution in [3.63, 3.8) is 0 Å². The van der Waals surface area contributed by atoms with Gasteiger partial charge >= 0.3 is 0 Å². The van der Waals surface area contributed by atoms with Crippen molar-refractivity contribution < 1.29 is 0 Å². The average Bonchev–Trinajstić information content (AvgIpc) is 2.25. The average molecular weight is 195 g/mol. The summed E-state index contributed by atoms with van der Waals surface area (Å²) in [6.45, 7) is 6.54. The zero-order chi connectivity index (χ0) is 10.2. The third-order valence-electron chi connectivity index (χ3n) is 2.81. The van der Waals surface area contributed by atoms with Crippen LogP contribution in [0, 0.1) is 11.3 Å². The lowest BCUT2D eigenvalue weighted by molar-refractivity contribution is 0.169. The Balaban J connectivity index is 2.35. The van der Waals surface area contributed by atoms with Crippen LogP contribution in [0.4, 0.5) is 0 Å². The van der Waals surface area contributed by atoms with Gasteiger partial charge in [0.2, 0.25) is 0 Å². The summed E-state index contributed by atoms with van der Waals surface area (Å²) in [5.74, 6) is 0. The summed E-state index contributed by atoms with van der Waals surface area (Å²) in [5, 5.41) is 12.0. The van der Waals surface area contributed by atoms with Crippen LogP contribution in [0.15, 0.2) is 0 Å². The molecular formula is C11H21N3. The van der Waals surface area contributed by atoms with Crippen molar-refractivity contribution in [2.75, 3.05) is 26.2 Å². The van der Waals surface area contributed by atoms with Gasteiger partial charge in [-0.05, 0) is 32.4 Å². The van der Waals surface area contributed by atoms with Crippen molar-refractivity contribution in [3.05, 3.63) is 0 Å². The van der Waals surface area contributed by atoms with Crippen molar-refractivity contribution in [2.24, 2.45) is 0 Å². The molecule has 0 aliphatic carbocycles. The zero-order valence-electron chi connectivity index (χ0n) is 9.13. The number of hydrogen-bond donors (Lipinski definition) is 1. The maximum absolute atomic E-state index is 8.59. The third-order valence-corrected chi connectivity index (χ3v) is 2.81. The van der Waals surface area contributed by atoms with E-state index in [9.17, 15) is 0 Å². The normalized spacial score (nSPS) is 22.2. The van der Waals surface area contributed by atoms with Crippen LogP contribution < -0.4 is 5.32 Å². The van der Waals surface area contributed by atoms with Crippen molar-refractivity contribution in [1.29, 1.82) is 5.26 Å². The third kappa shape index (κ3) is 3.65. The molecule has 1 unspecified atom stereocenters. The lowest BCUT2D eigenvalue weighted by Crippen LogP contribution is -2.46. The van der Waals surface area contributed by atoms with Crippen LogP contribution in [0.5, 0.6) is 0 Å². The summed E-state index contributed by atoms with van der Waals surface area (Å²) in [4.78, 5) is 2.47. The molecule has 1 aliphatic rings. The van der Waals surface area contributed by atoms with Crippen molar-refractivity contribution in [1.82, 2.24) is 10.2 Å². The number of nitrogens with zero attached hydrogens (tertiary/aromatic N) is 2. The van der Waals surface area contributed by atoms with Crippen molar-refractivity contribution >= 4 is 0 Å². The SMILES string of the molecule is CCCN(CCC#N)C1CCCNC1. The van der Waals surface area contributed by atoms with Crippen LogP contribution in [-0.2, 0) is 0 Å². The van der Waals surface area contributed by atoms with Crippen molar-refractivity contribution in [2.45, 2.75) is 38.6 Å². The largest absolute Gasteiger partial charge is 0.315 e. The standard InChI is InChI=1S/C11H21N3/c1-2-8-14(9-4-6-12)11-5-3-7-13-10-11/h11,13H,2-5,7-10H2,1H3. The Bertz CT molecular complexity index is 179. The Kier molecular flexibility index (Phi) is 5.58. The van der Waals surface area contributed by atoms with E-state index in [0.717, 1.165) is 26.2 Å². The summed E-state index contributed by atoms with van der Waals surface area (Å²) in [6, 6.07) is 2.90. The van der Waals surface area contributed by atoms with Crippen molar-refractivity contribution in [3.8, 4) is 6.07 Å². The fraction of sp³-hybridized carbons (Fsp3) is 0.909. The number of piperidine rings is 1. The maximum Gasteiger partial charge on any atom is 0.0635 e. The Labute approximate surface area is 87.1 Å². The van der Waals surface area contributed by atoms with Crippen LogP contribution in [-0.4, -0.2) is 37.1 Å². The first-order valence-electron chi connectivity index (χ1n) is 5.70. The lowest BCUT2D eigenvalue weighted by Gasteiger charge is -2.34. The number of nitriles is 1. The molecule has 0 aromatic carbocycles. The Morgan fingerprint density at radius 1 is 1.50 bits per heavy atom. The van der Waals surface area contributed by atoms with E-state index in [1.54, 1.807) is 0 Å². The smallest absolute Gasteiger partial charge is 0.0635 e. The summed E-state index contributed by atoms with van der Waals surface area (Å²) in [5.41, 5.74) is 0. The predicted octanol–water partition coefficient (Wildman–Crippen LogP) is 1.36. The second-order valence-electron chi connectivity index (χ2n) is 3.94. The molecule has 0 saturated carbocycles. The highest BCUT2D eigenvalue weighted by Gasteiger charge is 2.19. The number of nitrogens with one attached hydrogen (secondary N) is 1. The lowest BCUT2D eigenvalue weighted by atomic mass is 10.1. The molecule has 1 atom stereocenters. The van der Waals surface area contributed by atoms with Gasteiger partial charge in [0.15, 0.2) is 0 Å². The van der Waals surface area contributed by atoms with Crippen LogP contribution >= 0.6 is 0 Å². The fourth-order valence-electron chi connectivity index (χ4n) is 2.10. The highest BCUT2D eigenvalue weighted by Crippen LogP contribution is 2.11. The molecule has 0 aromatic heterocycles. The van der Waals surface area contributed by atoms with Crippen LogP contribution in [0.1, 0.15) is 32.6 Å². The fourth-order valence-corrected chi connectivity index (χ4v) is 2.10. The first kappa shape index (κ1) is 11.5. The quantitative estimate of drug-likeness (QED) is 0.720. The minimum atomic E-state index is 0.663. The molecule has 0 aromatic rings. The molecule has 0 spiro atoms. The molecule has 80 valence electrons. The van der Waals surface area contributed by atoms with Crippen LogP contribution in [0.3, 0.4) is 0 Å². The first-order chi connectivity index (χ1) is 6.88. The topological polar surface area (TPSA) is 39.1 Å². The van der Waals surface area contributed by atoms with Gasteiger partial charge in [-0.1, -0.05) is 6.92 Å². The molecule has 1 heterocycles. The van der Waals surface area contributed by atoms with E-state index >= 15 is 0 Å².